The lowest BCUT2D eigenvalue weighted by molar-refractivity contribution is -0.117. The molecule has 1 atom stereocenters. The van der Waals surface area contributed by atoms with Gasteiger partial charge in [0.1, 0.15) is 5.75 Å². The Morgan fingerprint density at radius 3 is 2.33 bits per heavy atom. The van der Waals surface area contributed by atoms with E-state index in [9.17, 15) is 14.4 Å². The van der Waals surface area contributed by atoms with Crippen LogP contribution in [0.25, 0.3) is 6.08 Å². The molecule has 0 saturated heterocycles. The number of ether oxygens (including phenoxy) is 1. The average Bonchev–Trinajstić information content (AvgIpc) is 2.66. The number of benzene rings is 1. The largest absolute Gasteiger partial charge is 0.497 e. The van der Waals surface area contributed by atoms with Gasteiger partial charge in [0.25, 0.3) is 5.56 Å². The second kappa shape index (κ2) is 8.53. The quantitative estimate of drug-likeness (QED) is 0.783. The summed E-state index contributed by atoms with van der Waals surface area (Å²) in [5, 5.41) is 2.96. The maximum absolute atomic E-state index is 12.4. The number of amides is 1. The Kier molecular flexibility index (Phi) is 6.39. The number of hydrogen-bond acceptors (Lipinski definition) is 4. The summed E-state index contributed by atoms with van der Waals surface area (Å²) in [4.78, 5) is 36.2. The van der Waals surface area contributed by atoms with Crippen molar-refractivity contribution < 1.29 is 9.53 Å². The van der Waals surface area contributed by atoms with Crippen LogP contribution in [0.2, 0.25) is 0 Å². The van der Waals surface area contributed by atoms with Crippen molar-refractivity contribution in [3.05, 3.63) is 68.5 Å². The Bertz CT molecular complexity index is 953. The maximum Gasteiger partial charge on any atom is 0.330 e. The third-order valence-electron chi connectivity index (χ3n) is 4.33. The van der Waals surface area contributed by atoms with Crippen LogP contribution in [0.4, 0.5) is 0 Å². The number of methoxy groups -OCH3 is 1. The van der Waals surface area contributed by atoms with Crippen LogP contribution < -0.4 is 21.3 Å². The molecule has 7 heteroatoms. The Hall–Kier alpha value is -3.09. The van der Waals surface area contributed by atoms with Crippen molar-refractivity contribution in [3.63, 3.8) is 0 Å². The highest BCUT2D eigenvalue weighted by Crippen LogP contribution is 2.23. The summed E-state index contributed by atoms with van der Waals surface area (Å²) in [6.07, 6.45) is 4.14. The van der Waals surface area contributed by atoms with Gasteiger partial charge in [-0.3, -0.25) is 14.2 Å². The molecule has 1 amide bonds. The molecule has 2 rings (SSSR count). The first-order chi connectivity index (χ1) is 12.7. The minimum Gasteiger partial charge on any atom is -0.497 e. The van der Waals surface area contributed by atoms with Crippen molar-refractivity contribution >= 4 is 12.0 Å². The van der Waals surface area contributed by atoms with Gasteiger partial charge in [0.2, 0.25) is 5.91 Å². The molecule has 1 aromatic carbocycles. The van der Waals surface area contributed by atoms with Crippen LogP contribution in [-0.2, 0) is 18.9 Å². The van der Waals surface area contributed by atoms with Gasteiger partial charge in [-0.05, 0) is 29.7 Å². The number of carbonyl (C=O) groups excluding carboxylic acids is 1. The molecule has 0 aliphatic heterocycles. The fraction of sp³-hybridized carbons (Fsp3) is 0.350. The number of aryl methyl sites for hydroxylation is 1. The topological polar surface area (TPSA) is 82.3 Å². The summed E-state index contributed by atoms with van der Waals surface area (Å²) in [5.41, 5.74) is 0.365. The van der Waals surface area contributed by atoms with Crippen LogP contribution in [0.1, 0.15) is 31.0 Å². The Balaban J connectivity index is 2.20. The fourth-order valence-electron chi connectivity index (χ4n) is 2.76. The minimum absolute atomic E-state index is 0.168. The SMILES string of the molecule is COc1ccc(C(NC(=O)/C=C/c2cn(C)c(=O)n(C)c2=O)C(C)C)cc1. The van der Waals surface area contributed by atoms with Gasteiger partial charge in [-0.1, -0.05) is 26.0 Å². The van der Waals surface area contributed by atoms with Crippen LogP contribution in [0.5, 0.6) is 5.75 Å². The van der Waals surface area contributed by atoms with Gasteiger partial charge < -0.3 is 14.6 Å². The molecular weight excluding hydrogens is 346 g/mol. The third kappa shape index (κ3) is 4.75. The van der Waals surface area contributed by atoms with Gasteiger partial charge in [0, 0.05) is 26.4 Å². The van der Waals surface area contributed by atoms with Crippen LogP contribution in [0.15, 0.2) is 46.1 Å². The average molecular weight is 371 g/mol. The van der Waals surface area contributed by atoms with Crippen molar-refractivity contribution in [1.82, 2.24) is 14.5 Å². The maximum atomic E-state index is 12.4. The standard InChI is InChI=1S/C20H25N3O4/c1-13(2)18(14-6-9-16(27-5)10-7-14)21-17(24)11-8-15-12-22(3)20(26)23(4)19(15)25/h6-13,18H,1-5H3,(H,21,24)/b11-8+. The van der Waals surface area contributed by atoms with Crippen molar-refractivity contribution in [2.24, 2.45) is 20.0 Å². The van der Waals surface area contributed by atoms with Gasteiger partial charge in [-0.2, -0.15) is 0 Å². The van der Waals surface area contributed by atoms with Gasteiger partial charge in [0.05, 0.1) is 18.7 Å². The summed E-state index contributed by atoms with van der Waals surface area (Å²) in [5.74, 6) is 0.597. The molecule has 0 bridgehead atoms. The molecule has 0 saturated carbocycles. The Labute approximate surface area is 157 Å². The summed E-state index contributed by atoms with van der Waals surface area (Å²) < 4.78 is 7.47. The highest BCUT2D eigenvalue weighted by Gasteiger charge is 2.17. The number of aromatic nitrogens is 2. The summed E-state index contributed by atoms with van der Waals surface area (Å²) >= 11 is 0. The molecule has 1 unspecified atom stereocenters. The molecule has 0 radical (unpaired) electrons. The predicted molar refractivity (Wildman–Crippen MR) is 105 cm³/mol. The molecule has 2 aromatic rings. The highest BCUT2D eigenvalue weighted by molar-refractivity contribution is 5.91. The first-order valence-electron chi connectivity index (χ1n) is 8.63. The highest BCUT2D eigenvalue weighted by atomic mass is 16.5. The molecule has 7 nitrogen and oxygen atoms in total. The molecule has 0 fully saturated rings. The lowest BCUT2D eigenvalue weighted by Crippen LogP contribution is -2.37. The monoisotopic (exact) mass is 371 g/mol. The van der Waals surface area contributed by atoms with E-state index in [1.165, 1.54) is 30.0 Å². The zero-order valence-corrected chi connectivity index (χ0v) is 16.2. The van der Waals surface area contributed by atoms with Gasteiger partial charge in [-0.25, -0.2) is 4.79 Å². The number of rotatable bonds is 6. The zero-order valence-electron chi connectivity index (χ0n) is 16.2. The first-order valence-corrected chi connectivity index (χ1v) is 8.63. The molecule has 1 heterocycles. The van der Waals surface area contributed by atoms with E-state index >= 15 is 0 Å². The van der Waals surface area contributed by atoms with Crippen LogP contribution in [0.3, 0.4) is 0 Å². The van der Waals surface area contributed by atoms with Gasteiger partial charge in [-0.15, -0.1) is 0 Å². The normalized spacial score (nSPS) is 12.4. The summed E-state index contributed by atoms with van der Waals surface area (Å²) in [6.45, 7) is 4.03. The third-order valence-corrected chi connectivity index (χ3v) is 4.33. The molecule has 1 aromatic heterocycles. The number of nitrogens with one attached hydrogen (secondary N) is 1. The Morgan fingerprint density at radius 2 is 1.78 bits per heavy atom. The summed E-state index contributed by atoms with van der Waals surface area (Å²) in [6, 6.07) is 7.34. The lowest BCUT2D eigenvalue weighted by Gasteiger charge is -2.22. The molecule has 1 N–H and O–H groups in total. The summed E-state index contributed by atoms with van der Waals surface area (Å²) in [7, 11) is 4.56. The number of hydrogen-bond donors (Lipinski definition) is 1. The van der Waals surface area contributed by atoms with Crippen molar-refractivity contribution in [2.45, 2.75) is 19.9 Å². The minimum atomic E-state index is -0.447. The number of nitrogens with zero attached hydrogens (tertiary/aromatic N) is 2. The van der Waals surface area contributed by atoms with Crippen molar-refractivity contribution in [2.75, 3.05) is 7.11 Å². The van der Waals surface area contributed by atoms with E-state index in [1.54, 1.807) is 14.2 Å². The van der Waals surface area contributed by atoms with Gasteiger partial charge >= 0.3 is 5.69 Å². The molecular formula is C20H25N3O4. The van der Waals surface area contributed by atoms with Crippen LogP contribution in [-0.4, -0.2) is 22.2 Å². The van der Waals surface area contributed by atoms with Crippen LogP contribution in [0, 0.1) is 5.92 Å². The van der Waals surface area contributed by atoms with E-state index < -0.39 is 11.2 Å². The lowest BCUT2D eigenvalue weighted by atomic mass is 9.96. The predicted octanol–water partition coefficient (Wildman–Crippen LogP) is 1.62. The van der Waals surface area contributed by atoms with Crippen molar-refractivity contribution in [1.29, 1.82) is 0 Å². The Morgan fingerprint density at radius 1 is 1.15 bits per heavy atom. The van der Waals surface area contributed by atoms with E-state index in [1.807, 2.05) is 38.1 Å². The molecule has 0 spiro atoms. The molecule has 27 heavy (non-hydrogen) atoms. The van der Waals surface area contributed by atoms with E-state index in [4.69, 9.17) is 4.74 Å². The van der Waals surface area contributed by atoms with Crippen molar-refractivity contribution in [3.8, 4) is 5.75 Å². The van der Waals surface area contributed by atoms with Gasteiger partial charge in [0.15, 0.2) is 0 Å². The van der Waals surface area contributed by atoms with E-state index in [2.05, 4.69) is 5.32 Å². The molecule has 0 aliphatic rings. The van der Waals surface area contributed by atoms with E-state index in [-0.39, 0.29) is 23.4 Å². The number of carbonyl (C=O) groups is 1. The zero-order chi connectivity index (χ0) is 20.1. The van der Waals surface area contributed by atoms with Crippen LogP contribution >= 0.6 is 0 Å². The molecule has 144 valence electrons. The second-order valence-corrected chi connectivity index (χ2v) is 6.68. The van der Waals surface area contributed by atoms with E-state index in [0.29, 0.717) is 0 Å². The smallest absolute Gasteiger partial charge is 0.330 e. The fourth-order valence-corrected chi connectivity index (χ4v) is 2.76. The molecule has 0 aliphatic carbocycles. The van der Waals surface area contributed by atoms with E-state index in [0.717, 1.165) is 15.9 Å². The second-order valence-electron chi connectivity index (χ2n) is 6.68. The first kappa shape index (κ1) is 20.2.